The number of hydrogen-bond acceptors (Lipinski definition) is 6. The molecule has 0 radical (unpaired) electrons. The van der Waals surface area contributed by atoms with Crippen LogP contribution in [0.25, 0.3) is 28.0 Å². The smallest absolute Gasteiger partial charge is 0.355 e. The minimum Gasteiger partial charge on any atom is -0.507 e. The first-order valence-electron chi connectivity index (χ1n) is 13.3. The fourth-order valence-electron chi connectivity index (χ4n) is 5.35. The number of hydrogen-bond donors (Lipinski definition) is 1. The second kappa shape index (κ2) is 10.8. The van der Waals surface area contributed by atoms with E-state index < -0.39 is 5.69 Å². The van der Waals surface area contributed by atoms with E-state index in [1.54, 1.807) is 17.0 Å². The quantitative estimate of drug-likeness (QED) is 0.328. The van der Waals surface area contributed by atoms with Crippen molar-refractivity contribution in [3.63, 3.8) is 0 Å². The fourth-order valence-corrected chi connectivity index (χ4v) is 5.60. The van der Waals surface area contributed by atoms with Gasteiger partial charge in [0.2, 0.25) is 5.91 Å². The highest BCUT2D eigenvalue weighted by atomic mass is 35.5. The molecular formula is C31H32ClN5O3. The van der Waals surface area contributed by atoms with E-state index in [-0.39, 0.29) is 23.6 Å². The molecule has 8 nitrogen and oxygen atoms in total. The van der Waals surface area contributed by atoms with Crippen molar-refractivity contribution in [3.8, 4) is 22.7 Å². The zero-order valence-corrected chi connectivity index (χ0v) is 23.8. The summed E-state index contributed by atoms with van der Waals surface area (Å²) >= 11 is 6.84. The highest BCUT2D eigenvalue weighted by molar-refractivity contribution is 6.34. The van der Waals surface area contributed by atoms with Crippen molar-refractivity contribution in [2.45, 2.75) is 39.7 Å². The van der Waals surface area contributed by atoms with Gasteiger partial charge < -0.3 is 14.9 Å². The average molecular weight is 558 g/mol. The number of benzene rings is 2. The number of piperazine rings is 1. The normalized spacial score (nSPS) is 15.6. The van der Waals surface area contributed by atoms with Gasteiger partial charge in [-0.05, 0) is 55.7 Å². The summed E-state index contributed by atoms with van der Waals surface area (Å²) < 4.78 is 1.53. The van der Waals surface area contributed by atoms with Gasteiger partial charge in [-0.25, -0.2) is 14.3 Å². The number of anilines is 1. The molecule has 1 aliphatic heterocycles. The van der Waals surface area contributed by atoms with Crippen molar-refractivity contribution in [3.05, 3.63) is 87.8 Å². The fraction of sp³-hybridized carbons (Fsp3) is 0.290. The van der Waals surface area contributed by atoms with Crippen LogP contribution in [-0.4, -0.2) is 56.1 Å². The number of pyridine rings is 1. The van der Waals surface area contributed by atoms with Crippen molar-refractivity contribution < 1.29 is 9.90 Å². The van der Waals surface area contributed by atoms with E-state index in [0.717, 1.165) is 11.1 Å². The van der Waals surface area contributed by atoms with Crippen LogP contribution in [0.2, 0.25) is 5.02 Å². The van der Waals surface area contributed by atoms with Crippen LogP contribution in [0, 0.1) is 6.92 Å². The molecule has 0 bridgehead atoms. The van der Waals surface area contributed by atoms with Crippen LogP contribution in [0.4, 0.5) is 5.82 Å². The summed E-state index contributed by atoms with van der Waals surface area (Å²) in [5, 5.41) is 11.6. The lowest BCUT2D eigenvalue weighted by molar-refractivity contribution is -0.126. The second-order valence-corrected chi connectivity index (χ2v) is 10.9. The van der Waals surface area contributed by atoms with Gasteiger partial charge in [0.15, 0.2) is 5.65 Å². The van der Waals surface area contributed by atoms with Gasteiger partial charge in [-0.2, -0.15) is 4.98 Å². The Bertz CT molecular complexity index is 1700. The predicted molar refractivity (Wildman–Crippen MR) is 160 cm³/mol. The first-order valence-corrected chi connectivity index (χ1v) is 13.7. The highest BCUT2D eigenvalue weighted by Crippen LogP contribution is 2.38. The number of rotatable bonds is 5. The lowest BCUT2D eigenvalue weighted by Gasteiger charge is -2.40. The van der Waals surface area contributed by atoms with Crippen LogP contribution in [-0.2, 0) is 4.79 Å². The Labute approximate surface area is 238 Å². The molecule has 2 aromatic carbocycles. The third-order valence-corrected chi connectivity index (χ3v) is 7.68. The number of aryl methyl sites for hydroxylation is 1. The molecule has 1 saturated heterocycles. The average Bonchev–Trinajstić information content (AvgIpc) is 2.93. The Morgan fingerprint density at radius 1 is 1.15 bits per heavy atom. The van der Waals surface area contributed by atoms with Crippen molar-refractivity contribution in [2.24, 2.45) is 0 Å². The van der Waals surface area contributed by atoms with E-state index in [4.69, 9.17) is 16.6 Å². The molecule has 0 unspecified atom stereocenters. The summed E-state index contributed by atoms with van der Waals surface area (Å²) in [4.78, 5) is 39.4. The zero-order valence-electron chi connectivity index (χ0n) is 23.1. The number of aromatic nitrogens is 3. The second-order valence-electron chi connectivity index (χ2n) is 10.5. The summed E-state index contributed by atoms with van der Waals surface area (Å²) in [7, 11) is 0. The van der Waals surface area contributed by atoms with Crippen LogP contribution in [0.5, 0.6) is 5.75 Å². The first-order chi connectivity index (χ1) is 19.1. The molecule has 206 valence electrons. The lowest BCUT2D eigenvalue weighted by Crippen LogP contribution is -2.54. The van der Waals surface area contributed by atoms with Crippen LogP contribution in [0.3, 0.4) is 0 Å². The molecule has 2 aromatic heterocycles. The molecule has 1 N–H and O–H groups in total. The summed E-state index contributed by atoms with van der Waals surface area (Å²) in [6.07, 6.45) is 1.31. The molecule has 1 fully saturated rings. The van der Waals surface area contributed by atoms with Gasteiger partial charge in [-0.1, -0.05) is 61.9 Å². The zero-order chi connectivity index (χ0) is 28.7. The lowest BCUT2D eigenvalue weighted by atomic mass is 10.0. The molecular weight excluding hydrogens is 526 g/mol. The van der Waals surface area contributed by atoms with E-state index in [1.807, 2.05) is 55.1 Å². The molecule has 0 aliphatic carbocycles. The summed E-state index contributed by atoms with van der Waals surface area (Å²) in [6, 6.07) is 14.6. The van der Waals surface area contributed by atoms with Crippen molar-refractivity contribution in [1.82, 2.24) is 19.4 Å². The van der Waals surface area contributed by atoms with Crippen molar-refractivity contribution in [2.75, 3.05) is 24.5 Å². The number of aromatic hydroxyl groups is 1. The summed E-state index contributed by atoms with van der Waals surface area (Å²) in [5.74, 6) is 0.519. The van der Waals surface area contributed by atoms with E-state index in [1.165, 1.54) is 10.6 Å². The van der Waals surface area contributed by atoms with E-state index in [2.05, 4.69) is 25.4 Å². The van der Waals surface area contributed by atoms with Crippen molar-refractivity contribution >= 4 is 34.4 Å². The van der Waals surface area contributed by atoms with Gasteiger partial charge in [0.05, 0.1) is 21.8 Å². The predicted octanol–water partition coefficient (Wildman–Crippen LogP) is 5.46. The Morgan fingerprint density at radius 2 is 1.90 bits per heavy atom. The largest absolute Gasteiger partial charge is 0.507 e. The maximum atomic E-state index is 13.9. The Hall–Kier alpha value is -4.17. The number of fused-ring (bicyclic) bond motifs is 1. The first kappa shape index (κ1) is 27.4. The van der Waals surface area contributed by atoms with Gasteiger partial charge in [0.25, 0.3) is 0 Å². The minimum absolute atomic E-state index is 0.0433. The van der Waals surface area contributed by atoms with Gasteiger partial charge in [0.1, 0.15) is 11.6 Å². The SMILES string of the molecule is C=CC(=O)N1CCN(c2nc(=O)n(-c3ccccc3C(C)C)c3nc(-c4cc(C)ccc4O)c(Cl)cc23)[C@@H](C)C1. The van der Waals surface area contributed by atoms with Crippen LogP contribution < -0.4 is 10.6 Å². The molecule has 1 amide bonds. The van der Waals surface area contributed by atoms with Crippen LogP contribution in [0.1, 0.15) is 37.8 Å². The van der Waals surface area contributed by atoms with Gasteiger partial charge in [-0.3, -0.25) is 4.79 Å². The maximum Gasteiger partial charge on any atom is 0.355 e. The molecule has 1 atom stereocenters. The third kappa shape index (κ3) is 4.84. The number of halogens is 1. The molecule has 1 aliphatic rings. The van der Waals surface area contributed by atoms with E-state index >= 15 is 0 Å². The Morgan fingerprint density at radius 3 is 2.60 bits per heavy atom. The van der Waals surface area contributed by atoms with Gasteiger partial charge >= 0.3 is 5.69 Å². The highest BCUT2D eigenvalue weighted by Gasteiger charge is 2.30. The number of phenolic OH excluding ortho intramolecular Hbond substituents is 1. The van der Waals surface area contributed by atoms with Crippen LogP contribution in [0.15, 0.2) is 66.0 Å². The summed E-state index contributed by atoms with van der Waals surface area (Å²) in [5.41, 5.74) is 3.37. The molecule has 3 heterocycles. The van der Waals surface area contributed by atoms with Gasteiger partial charge in [0, 0.05) is 31.2 Å². The molecule has 9 heteroatoms. The topological polar surface area (TPSA) is 91.6 Å². The summed E-state index contributed by atoms with van der Waals surface area (Å²) in [6.45, 7) is 13.1. The van der Waals surface area contributed by atoms with Gasteiger partial charge in [-0.15, -0.1) is 0 Å². The molecule has 0 spiro atoms. The molecule has 4 aromatic rings. The van der Waals surface area contributed by atoms with E-state index in [9.17, 15) is 14.7 Å². The number of phenols is 1. The molecule has 0 saturated carbocycles. The van der Waals surface area contributed by atoms with Crippen molar-refractivity contribution in [1.29, 1.82) is 0 Å². The number of carbonyl (C=O) groups excluding carboxylic acids is 1. The Balaban J connectivity index is 1.80. The number of amides is 1. The minimum atomic E-state index is -0.471. The standard InChI is InChI=1S/C31H32ClN5O3/c1-6-27(39)35-13-14-36(20(5)17-35)29-23-16-24(32)28(22-15-19(4)11-12-26(22)38)33-30(23)37(31(40)34-29)25-10-8-7-9-21(25)18(2)3/h6-12,15-16,18,20,38H,1,13-14,17H2,2-5H3/t20-/m0/s1. The third-order valence-electron chi connectivity index (χ3n) is 7.39. The Kier molecular flexibility index (Phi) is 7.38. The molecule has 40 heavy (non-hydrogen) atoms. The maximum absolute atomic E-state index is 13.9. The molecule has 5 rings (SSSR count). The van der Waals surface area contributed by atoms with Crippen LogP contribution >= 0.6 is 11.6 Å². The van der Waals surface area contributed by atoms with E-state index in [0.29, 0.717) is 58.5 Å². The number of para-hydroxylation sites is 1. The number of nitrogens with zero attached hydrogens (tertiary/aromatic N) is 5. The monoisotopic (exact) mass is 557 g/mol. The number of carbonyl (C=O) groups is 1.